The quantitative estimate of drug-likeness (QED) is 0.859. The zero-order chi connectivity index (χ0) is 13.0. The fourth-order valence-corrected chi connectivity index (χ4v) is 1.77. The van der Waals surface area contributed by atoms with E-state index in [1.807, 2.05) is 31.3 Å². The van der Waals surface area contributed by atoms with Crippen LogP contribution in [0.1, 0.15) is 12.5 Å². The minimum atomic E-state index is 0.337. The first-order valence-corrected chi connectivity index (χ1v) is 5.95. The highest BCUT2D eigenvalue weighted by Crippen LogP contribution is 2.25. The maximum absolute atomic E-state index is 9.15. The molecule has 0 radical (unpaired) electrons. The number of hydrogen-bond acceptors (Lipinski definition) is 4. The lowest BCUT2D eigenvalue weighted by molar-refractivity contribution is 0.638. The number of hydrogen-bond donors (Lipinski definition) is 2. The van der Waals surface area contributed by atoms with Gasteiger partial charge in [-0.05, 0) is 20.0 Å². The van der Waals surface area contributed by atoms with Crippen LogP contribution in [0.2, 0.25) is 0 Å². The van der Waals surface area contributed by atoms with Gasteiger partial charge in [0.25, 0.3) is 0 Å². The number of rotatable bonds is 4. The third-order valence-electron chi connectivity index (χ3n) is 2.97. The number of pyridine rings is 1. The molecule has 1 atom stereocenters. The first-order chi connectivity index (χ1) is 8.76. The number of nitrogens with zero attached hydrogens (tertiary/aromatic N) is 2. The van der Waals surface area contributed by atoms with Crippen molar-refractivity contribution >= 4 is 16.6 Å². The summed E-state index contributed by atoms with van der Waals surface area (Å²) in [7, 11) is 1.92. The summed E-state index contributed by atoms with van der Waals surface area (Å²) in [6, 6.07) is 10.4. The third kappa shape index (κ3) is 2.41. The second-order valence-corrected chi connectivity index (χ2v) is 4.25. The lowest BCUT2D eigenvalue weighted by Gasteiger charge is -2.15. The highest BCUT2D eigenvalue weighted by molar-refractivity contribution is 5.93. The van der Waals surface area contributed by atoms with Crippen LogP contribution in [-0.2, 0) is 0 Å². The van der Waals surface area contributed by atoms with E-state index in [1.54, 1.807) is 6.20 Å². The lowest BCUT2D eigenvalue weighted by atomic mass is 10.1. The van der Waals surface area contributed by atoms with Gasteiger partial charge in [0.1, 0.15) is 6.07 Å². The molecule has 4 nitrogen and oxygen atoms in total. The van der Waals surface area contributed by atoms with E-state index in [2.05, 4.69) is 28.6 Å². The van der Waals surface area contributed by atoms with Crippen LogP contribution >= 0.6 is 0 Å². The predicted molar refractivity (Wildman–Crippen MR) is 73.5 cm³/mol. The maximum atomic E-state index is 9.15. The van der Waals surface area contributed by atoms with Gasteiger partial charge in [0.15, 0.2) is 0 Å². The molecule has 2 rings (SSSR count). The molecular formula is C14H16N4. The Morgan fingerprint density at radius 2 is 2.17 bits per heavy atom. The SMILES string of the molecule is CNC(C)CNc1c(C#N)cnc2ccccc12. The van der Waals surface area contributed by atoms with Gasteiger partial charge in [0.2, 0.25) is 0 Å². The van der Waals surface area contributed by atoms with Gasteiger partial charge in [-0.3, -0.25) is 4.98 Å². The smallest absolute Gasteiger partial charge is 0.103 e. The monoisotopic (exact) mass is 240 g/mol. The Morgan fingerprint density at radius 1 is 1.39 bits per heavy atom. The Hall–Kier alpha value is -2.12. The summed E-state index contributed by atoms with van der Waals surface area (Å²) >= 11 is 0. The van der Waals surface area contributed by atoms with E-state index in [0.717, 1.165) is 23.1 Å². The van der Waals surface area contributed by atoms with Gasteiger partial charge in [0, 0.05) is 24.2 Å². The second-order valence-electron chi connectivity index (χ2n) is 4.25. The van der Waals surface area contributed by atoms with Crippen LogP contribution in [0.5, 0.6) is 0 Å². The number of para-hydroxylation sites is 1. The first-order valence-electron chi connectivity index (χ1n) is 5.95. The van der Waals surface area contributed by atoms with Crippen molar-refractivity contribution in [3.63, 3.8) is 0 Å². The van der Waals surface area contributed by atoms with Crippen molar-refractivity contribution in [3.8, 4) is 6.07 Å². The Balaban J connectivity index is 2.42. The third-order valence-corrected chi connectivity index (χ3v) is 2.97. The Morgan fingerprint density at radius 3 is 2.89 bits per heavy atom. The molecule has 0 aliphatic heterocycles. The molecule has 0 bridgehead atoms. The highest BCUT2D eigenvalue weighted by atomic mass is 15.0. The van der Waals surface area contributed by atoms with Crippen LogP contribution in [0.4, 0.5) is 5.69 Å². The zero-order valence-corrected chi connectivity index (χ0v) is 10.6. The van der Waals surface area contributed by atoms with Crippen LogP contribution in [-0.4, -0.2) is 24.6 Å². The molecule has 0 aliphatic rings. The van der Waals surface area contributed by atoms with Crippen LogP contribution in [0.15, 0.2) is 30.5 Å². The van der Waals surface area contributed by atoms with Crippen molar-refractivity contribution in [1.82, 2.24) is 10.3 Å². The molecule has 0 saturated heterocycles. The maximum Gasteiger partial charge on any atom is 0.103 e. The van der Waals surface area contributed by atoms with E-state index in [9.17, 15) is 0 Å². The van der Waals surface area contributed by atoms with Crippen molar-refractivity contribution in [2.45, 2.75) is 13.0 Å². The molecule has 0 aliphatic carbocycles. The number of nitriles is 1. The van der Waals surface area contributed by atoms with Crippen LogP contribution < -0.4 is 10.6 Å². The Kier molecular flexibility index (Phi) is 3.75. The first kappa shape index (κ1) is 12.3. The van der Waals surface area contributed by atoms with Crippen molar-refractivity contribution in [3.05, 3.63) is 36.0 Å². The number of benzene rings is 1. The average Bonchev–Trinajstić information content (AvgIpc) is 2.44. The molecule has 0 fully saturated rings. The number of fused-ring (bicyclic) bond motifs is 1. The Bertz CT molecular complexity index is 586. The van der Waals surface area contributed by atoms with E-state index in [1.165, 1.54) is 0 Å². The predicted octanol–water partition coefficient (Wildman–Crippen LogP) is 2.13. The molecule has 0 spiro atoms. The van der Waals surface area contributed by atoms with Crippen molar-refractivity contribution in [1.29, 1.82) is 5.26 Å². The van der Waals surface area contributed by atoms with Gasteiger partial charge in [0.05, 0.1) is 16.8 Å². The zero-order valence-electron chi connectivity index (χ0n) is 10.6. The number of likely N-dealkylation sites (N-methyl/N-ethyl adjacent to an activating group) is 1. The van der Waals surface area contributed by atoms with Gasteiger partial charge >= 0.3 is 0 Å². The molecule has 4 heteroatoms. The molecule has 1 aromatic heterocycles. The second kappa shape index (κ2) is 5.48. The summed E-state index contributed by atoms with van der Waals surface area (Å²) < 4.78 is 0. The molecule has 1 aromatic carbocycles. The molecular weight excluding hydrogens is 224 g/mol. The van der Waals surface area contributed by atoms with Gasteiger partial charge in [-0.25, -0.2) is 0 Å². The average molecular weight is 240 g/mol. The standard InChI is InChI=1S/C14H16N4/c1-10(16-2)8-18-14-11(7-15)9-17-13-6-4-3-5-12(13)14/h3-6,9-10,16H,8H2,1-2H3,(H,17,18). The van der Waals surface area contributed by atoms with Crippen LogP contribution in [0, 0.1) is 11.3 Å². The fraction of sp³-hybridized carbons (Fsp3) is 0.286. The molecule has 0 amide bonds. The van der Waals surface area contributed by atoms with Gasteiger partial charge in [-0.1, -0.05) is 18.2 Å². The highest BCUT2D eigenvalue weighted by Gasteiger charge is 2.08. The molecule has 2 N–H and O–H groups in total. The van der Waals surface area contributed by atoms with E-state index in [4.69, 9.17) is 5.26 Å². The number of aromatic nitrogens is 1. The minimum Gasteiger partial charge on any atom is -0.382 e. The molecule has 1 heterocycles. The molecule has 92 valence electrons. The van der Waals surface area contributed by atoms with Crippen LogP contribution in [0.3, 0.4) is 0 Å². The number of nitrogens with one attached hydrogen (secondary N) is 2. The summed E-state index contributed by atoms with van der Waals surface area (Å²) in [6.07, 6.45) is 1.62. The largest absolute Gasteiger partial charge is 0.382 e. The Labute approximate surface area is 107 Å². The number of anilines is 1. The molecule has 1 unspecified atom stereocenters. The van der Waals surface area contributed by atoms with Crippen molar-refractivity contribution in [2.75, 3.05) is 18.9 Å². The van der Waals surface area contributed by atoms with Crippen molar-refractivity contribution in [2.24, 2.45) is 0 Å². The summed E-state index contributed by atoms with van der Waals surface area (Å²) in [6.45, 7) is 2.85. The van der Waals surface area contributed by atoms with Crippen LogP contribution in [0.25, 0.3) is 10.9 Å². The summed E-state index contributed by atoms with van der Waals surface area (Å²) in [5, 5.41) is 16.6. The van der Waals surface area contributed by atoms with Crippen molar-refractivity contribution < 1.29 is 0 Å². The van der Waals surface area contributed by atoms with E-state index >= 15 is 0 Å². The molecule has 18 heavy (non-hydrogen) atoms. The van der Waals surface area contributed by atoms with E-state index in [0.29, 0.717) is 11.6 Å². The summed E-state index contributed by atoms with van der Waals surface area (Å²) in [4.78, 5) is 4.28. The van der Waals surface area contributed by atoms with Gasteiger partial charge in [-0.15, -0.1) is 0 Å². The fourth-order valence-electron chi connectivity index (χ4n) is 1.77. The van der Waals surface area contributed by atoms with E-state index < -0.39 is 0 Å². The molecule has 0 saturated carbocycles. The van der Waals surface area contributed by atoms with E-state index in [-0.39, 0.29) is 0 Å². The minimum absolute atomic E-state index is 0.337. The summed E-state index contributed by atoms with van der Waals surface area (Å²) in [5.74, 6) is 0. The summed E-state index contributed by atoms with van der Waals surface area (Å²) in [5.41, 5.74) is 2.35. The van der Waals surface area contributed by atoms with Gasteiger partial charge < -0.3 is 10.6 Å². The topological polar surface area (TPSA) is 60.7 Å². The lowest BCUT2D eigenvalue weighted by Crippen LogP contribution is -2.29. The molecule has 2 aromatic rings. The van der Waals surface area contributed by atoms with Gasteiger partial charge in [-0.2, -0.15) is 5.26 Å². The normalized spacial score (nSPS) is 12.1.